The summed E-state index contributed by atoms with van der Waals surface area (Å²) in [7, 11) is 0. The van der Waals surface area contributed by atoms with Gasteiger partial charge in [-0.3, -0.25) is 0 Å². The van der Waals surface area contributed by atoms with Crippen LogP contribution in [0.2, 0.25) is 5.02 Å². The number of halogens is 4. The molecule has 2 rings (SSSR count). The average Bonchev–Trinajstić information content (AvgIpc) is 2.42. The summed E-state index contributed by atoms with van der Waals surface area (Å²) in [6, 6.07) is 8.18. The highest BCUT2D eigenvalue weighted by Crippen LogP contribution is 2.20. The molecule has 20 heavy (non-hydrogen) atoms. The summed E-state index contributed by atoms with van der Waals surface area (Å²) in [6.45, 7) is 0.0200. The lowest BCUT2D eigenvalue weighted by Crippen LogP contribution is -2.12. The van der Waals surface area contributed by atoms with Crippen molar-refractivity contribution in [1.29, 1.82) is 0 Å². The second-order valence-electron chi connectivity index (χ2n) is 4.20. The van der Waals surface area contributed by atoms with Crippen molar-refractivity contribution in [1.82, 2.24) is 0 Å². The maximum atomic E-state index is 13.0. The number of anilines is 1. The molecule has 1 atom stereocenters. The molecule has 0 aliphatic carbocycles. The van der Waals surface area contributed by atoms with E-state index in [-0.39, 0.29) is 12.2 Å². The van der Waals surface area contributed by atoms with Gasteiger partial charge in [-0.15, -0.1) is 0 Å². The largest absolute Gasteiger partial charge is 0.387 e. The van der Waals surface area contributed by atoms with Crippen molar-refractivity contribution in [2.75, 3.05) is 11.9 Å². The van der Waals surface area contributed by atoms with Crippen LogP contribution >= 0.6 is 11.6 Å². The van der Waals surface area contributed by atoms with Crippen LogP contribution in [0.4, 0.5) is 18.9 Å². The lowest BCUT2D eigenvalue weighted by atomic mass is 10.1. The van der Waals surface area contributed by atoms with Crippen LogP contribution in [0, 0.1) is 17.5 Å². The van der Waals surface area contributed by atoms with Crippen LogP contribution in [0.5, 0.6) is 0 Å². The van der Waals surface area contributed by atoms with Gasteiger partial charge < -0.3 is 10.4 Å². The molecule has 0 bridgehead atoms. The number of hydrogen-bond acceptors (Lipinski definition) is 2. The van der Waals surface area contributed by atoms with Crippen LogP contribution in [0.1, 0.15) is 11.7 Å². The van der Waals surface area contributed by atoms with E-state index in [4.69, 9.17) is 11.6 Å². The van der Waals surface area contributed by atoms with E-state index in [1.54, 1.807) is 24.3 Å². The lowest BCUT2D eigenvalue weighted by Gasteiger charge is -2.13. The van der Waals surface area contributed by atoms with Gasteiger partial charge in [0.05, 0.1) is 6.10 Å². The quantitative estimate of drug-likeness (QED) is 0.839. The molecule has 0 aliphatic rings. The summed E-state index contributed by atoms with van der Waals surface area (Å²) < 4.78 is 38.8. The Morgan fingerprint density at radius 3 is 2.15 bits per heavy atom. The molecule has 0 fully saturated rings. The number of aliphatic hydroxyl groups excluding tert-OH is 1. The molecule has 0 radical (unpaired) electrons. The maximum absolute atomic E-state index is 13.0. The van der Waals surface area contributed by atoms with Gasteiger partial charge in [0, 0.05) is 29.4 Å². The fraction of sp³-hybridized carbons (Fsp3) is 0.143. The first-order valence-electron chi connectivity index (χ1n) is 5.79. The second kappa shape index (κ2) is 6.15. The Balaban J connectivity index is 2.03. The molecule has 2 aromatic carbocycles. The zero-order valence-corrected chi connectivity index (χ0v) is 11.0. The van der Waals surface area contributed by atoms with Crippen molar-refractivity contribution in [3.05, 3.63) is 64.4 Å². The highest BCUT2D eigenvalue weighted by atomic mass is 35.5. The summed E-state index contributed by atoms with van der Waals surface area (Å²) in [5.41, 5.74) is 0.652. The molecule has 0 spiro atoms. The van der Waals surface area contributed by atoms with Gasteiger partial charge in [-0.1, -0.05) is 23.7 Å². The maximum Gasteiger partial charge on any atom is 0.194 e. The molecule has 0 saturated carbocycles. The van der Waals surface area contributed by atoms with Gasteiger partial charge in [-0.25, -0.2) is 13.2 Å². The van der Waals surface area contributed by atoms with E-state index in [2.05, 4.69) is 5.32 Å². The van der Waals surface area contributed by atoms with Crippen LogP contribution in [0.25, 0.3) is 0 Å². The van der Waals surface area contributed by atoms with E-state index >= 15 is 0 Å². The predicted molar refractivity (Wildman–Crippen MR) is 71.2 cm³/mol. The number of nitrogens with one attached hydrogen (secondary N) is 1. The first-order chi connectivity index (χ1) is 9.47. The minimum Gasteiger partial charge on any atom is -0.387 e. The Labute approximate surface area is 118 Å². The normalized spacial score (nSPS) is 12.2. The van der Waals surface area contributed by atoms with Gasteiger partial charge in [0.25, 0.3) is 0 Å². The van der Waals surface area contributed by atoms with Crippen LogP contribution in [0.3, 0.4) is 0 Å². The molecule has 0 aliphatic heterocycles. The molecule has 2 aromatic rings. The first kappa shape index (κ1) is 14.7. The third-order valence-electron chi connectivity index (χ3n) is 2.74. The van der Waals surface area contributed by atoms with Crippen LogP contribution in [-0.2, 0) is 0 Å². The van der Waals surface area contributed by atoms with E-state index < -0.39 is 23.6 Å². The molecule has 0 saturated heterocycles. The third-order valence-corrected chi connectivity index (χ3v) is 2.99. The molecule has 1 unspecified atom stereocenters. The standard InChI is InChI=1S/C14H11ClF3NO/c15-9-3-1-8(2-4-9)13(20)7-19-10-5-11(16)14(18)12(17)6-10/h1-6,13,19-20H,7H2. The number of aliphatic hydroxyl groups is 1. The average molecular weight is 302 g/mol. The molecule has 0 heterocycles. The van der Waals surface area contributed by atoms with E-state index in [0.29, 0.717) is 10.6 Å². The number of hydrogen-bond donors (Lipinski definition) is 2. The van der Waals surface area contributed by atoms with Gasteiger partial charge in [0.2, 0.25) is 0 Å². The van der Waals surface area contributed by atoms with Crippen LogP contribution in [0.15, 0.2) is 36.4 Å². The number of benzene rings is 2. The Morgan fingerprint density at radius 2 is 1.60 bits per heavy atom. The molecule has 0 amide bonds. The van der Waals surface area contributed by atoms with Gasteiger partial charge in [-0.2, -0.15) is 0 Å². The zero-order chi connectivity index (χ0) is 14.7. The SMILES string of the molecule is OC(CNc1cc(F)c(F)c(F)c1)c1ccc(Cl)cc1. The first-order valence-corrected chi connectivity index (χ1v) is 6.17. The molecule has 2 N–H and O–H groups in total. The summed E-state index contributed by atoms with van der Waals surface area (Å²) in [5, 5.41) is 13.1. The Bertz CT molecular complexity index is 581. The van der Waals surface area contributed by atoms with Crippen molar-refractivity contribution in [3.63, 3.8) is 0 Å². The van der Waals surface area contributed by atoms with Gasteiger partial charge >= 0.3 is 0 Å². The van der Waals surface area contributed by atoms with E-state index in [9.17, 15) is 18.3 Å². The minimum atomic E-state index is -1.52. The fourth-order valence-electron chi connectivity index (χ4n) is 1.67. The van der Waals surface area contributed by atoms with Gasteiger partial charge in [0.15, 0.2) is 17.5 Å². The van der Waals surface area contributed by atoms with Crippen molar-refractivity contribution < 1.29 is 18.3 Å². The Morgan fingerprint density at radius 1 is 1.05 bits per heavy atom. The Hall–Kier alpha value is -1.72. The topological polar surface area (TPSA) is 32.3 Å². The molecule has 0 aromatic heterocycles. The van der Waals surface area contributed by atoms with E-state index in [1.165, 1.54) is 0 Å². The van der Waals surface area contributed by atoms with Crippen LogP contribution in [-0.4, -0.2) is 11.7 Å². The molecular weight excluding hydrogens is 291 g/mol. The van der Waals surface area contributed by atoms with E-state index in [0.717, 1.165) is 12.1 Å². The molecule has 106 valence electrons. The van der Waals surface area contributed by atoms with Crippen molar-refractivity contribution >= 4 is 17.3 Å². The number of rotatable bonds is 4. The summed E-state index contributed by atoms with van der Waals surface area (Å²) in [5.74, 6) is -4.09. The molecule has 6 heteroatoms. The van der Waals surface area contributed by atoms with Crippen molar-refractivity contribution in [3.8, 4) is 0 Å². The lowest BCUT2D eigenvalue weighted by molar-refractivity contribution is 0.191. The summed E-state index contributed by atoms with van der Waals surface area (Å²) in [6.07, 6.45) is -0.886. The smallest absolute Gasteiger partial charge is 0.194 e. The predicted octanol–water partition coefficient (Wildman–Crippen LogP) is 3.90. The second-order valence-corrected chi connectivity index (χ2v) is 4.64. The summed E-state index contributed by atoms with van der Waals surface area (Å²) in [4.78, 5) is 0. The monoisotopic (exact) mass is 301 g/mol. The van der Waals surface area contributed by atoms with Crippen molar-refractivity contribution in [2.45, 2.75) is 6.10 Å². The zero-order valence-electron chi connectivity index (χ0n) is 10.2. The highest BCUT2D eigenvalue weighted by Gasteiger charge is 2.12. The fourth-order valence-corrected chi connectivity index (χ4v) is 1.80. The van der Waals surface area contributed by atoms with Crippen molar-refractivity contribution in [2.24, 2.45) is 0 Å². The third kappa shape index (κ3) is 3.43. The van der Waals surface area contributed by atoms with Gasteiger partial charge in [0.1, 0.15) is 0 Å². The van der Waals surface area contributed by atoms with Gasteiger partial charge in [-0.05, 0) is 17.7 Å². The molecule has 2 nitrogen and oxygen atoms in total. The molecular formula is C14H11ClF3NO. The summed E-state index contributed by atoms with van der Waals surface area (Å²) >= 11 is 5.72. The van der Waals surface area contributed by atoms with Crippen LogP contribution < -0.4 is 5.32 Å². The minimum absolute atomic E-state index is 0.0200. The highest BCUT2D eigenvalue weighted by molar-refractivity contribution is 6.30. The van der Waals surface area contributed by atoms with E-state index in [1.807, 2.05) is 0 Å². The Kier molecular flexibility index (Phi) is 4.52.